The summed E-state index contributed by atoms with van der Waals surface area (Å²) in [5, 5.41) is 0. The number of rotatable bonds is 5. The lowest BCUT2D eigenvalue weighted by molar-refractivity contribution is 0.414. The molecule has 0 saturated carbocycles. The quantitative estimate of drug-likeness (QED) is 0.875. The van der Waals surface area contributed by atoms with E-state index >= 15 is 0 Å². The fourth-order valence-corrected chi connectivity index (χ4v) is 3.10. The van der Waals surface area contributed by atoms with Crippen LogP contribution < -0.4 is 9.46 Å². The van der Waals surface area contributed by atoms with Crippen molar-refractivity contribution in [1.82, 2.24) is 4.72 Å². The third kappa shape index (κ3) is 4.03. The van der Waals surface area contributed by atoms with E-state index < -0.39 is 15.8 Å². The Labute approximate surface area is 131 Å². The molecule has 2 aromatic carbocycles. The van der Waals surface area contributed by atoms with E-state index in [4.69, 9.17) is 4.74 Å². The first kappa shape index (κ1) is 15.9. The fraction of sp³-hybridized carbons (Fsp3) is 0.143. The Bertz CT molecular complexity index is 732. The van der Waals surface area contributed by atoms with Crippen molar-refractivity contribution in [3.05, 3.63) is 58.3 Å². The van der Waals surface area contributed by atoms with Crippen LogP contribution >= 0.6 is 15.9 Å². The summed E-state index contributed by atoms with van der Waals surface area (Å²) in [7, 11) is -2.35. The molecule has 7 heteroatoms. The maximum absolute atomic E-state index is 13.7. The van der Waals surface area contributed by atoms with Crippen molar-refractivity contribution < 1.29 is 17.5 Å². The molecule has 2 aromatic rings. The molecule has 0 amide bonds. The van der Waals surface area contributed by atoms with Gasteiger partial charge in [-0.15, -0.1) is 0 Å². The average molecular weight is 374 g/mol. The summed E-state index contributed by atoms with van der Waals surface area (Å²) >= 11 is 3.09. The SMILES string of the molecule is COc1ccc(CNS(=O)(=O)c2ccc(Br)cc2F)cc1. The predicted molar refractivity (Wildman–Crippen MR) is 81.1 cm³/mol. The minimum Gasteiger partial charge on any atom is -0.497 e. The second kappa shape index (κ2) is 6.55. The van der Waals surface area contributed by atoms with Gasteiger partial charge in [-0.1, -0.05) is 28.1 Å². The van der Waals surface area contributed by atoms with Gasteiger partial charge >= 0.3 is 0 Å². The Morgan fingerprint density at radius 2 is 1.86 bits per heavy atom. The van der Waals surface area contributed by atoms with E-state index in [1.54, 1.807) is 31.4 Å². The Hall–Kier alpha value is -1.44. The minimum absolute atomic E-state index is 0.0713. The zero-order chi connectivity index (χ0) is 15.5. The Kier molecular flexibility index (Phi) is 4.97. The highest BCUT2D eigenvalue weighted by Gasteiger charge is 2.18. The number of methoxy groups -OCH3 is 1. The molecule has 0 aliphatic heterocycles. The number of halogens is 2. The number of hydrogen-bond donors (Lipinski definition) is 1. The molecule has 0 spiro atoms. The second-order valence-electron chi connectivity index (χ2n) is 4.25. The third-order valence-corrected chi connectivity index (χ3v) is 4.74. The van der Waals surface area contributed by atoms with Gasteiger partial charge in [-0.25, -0.2) is 17.5 Å². The minimum atomic E-state index is -3.90. The lowest BCUT2D eigenvalue weighted by atomic mass is 10.2. The molecule has 112 valence electrons. The monoisotopic (exact) mass is 373 g/mol. The van der Waals surface area contributed by atoms with Gasteiger partial charge in [-0.05, 0) is 35.9 Å². The molecular formula is C14H13BrFNO3S. The zero-order valence-corrected chi connectivity index (χ0v) is 13.5. The zero-order valence-electron chi connectivity index (χ0n) is 11.1. The van der Waals surface area contributed by atoms with Crippen LogP contribution in [0, 0.1) is 5.82 Å². The van der Waals surface area contributed by atoms with E-state index in [2.05, 4.69) is 20.7 Å². The molecule has 0 heterocycles. The van der Waals surface area contributed by atoms with Crippen LogP contribution in [0.1, 0.15) is 5.56 Å². The Morgan fingerprint density at radius 3 is 2.43 bits per heavy atom. The summed E-state index contributed by atoms with van der Waals surface area (Å²) in [5.74, 6) is -0.118. The van der Waals surface area contributed by atoms with Gasteiger partial charge in [0.05, 0.1) is 7.11 Å². The molecule has 21 heavy (non-hydrogen) atoms. The van der Waals surface area contributed by atoms with E-state index in [1.807, 2.05) is 0 Å². The van der Waals surface area contributed by atoms with Crippen molar-refractivity contribution in [2.45, 2.75) is 11.4 Å². The van der Waals surface area contributed by atoms with Crippen molar-refractivity contribution in [3.8, 4) is 5.75 Å². The smallest absolute Gasteiger partial charge is 0.243 e. The van der Waals surface area contributed by atoms with Crippen LogP contribution in [0.3, 0.4) is 0 Å². The average Bonchev–Trinajstić information content (AvgIpc) is 2.45. The van der Waals surface area contributed by atoms with Crippen LogP contribution in [0.5, 0.6) is 5.75 Å². The molecule has 0 aromatic heterocycles. The summed E-state index contributed by atoms with van der Waals surface area (Å²) in [6.07, 6.45) is 0. The number of sulfonamides is 1. The number of hydrogen-bond acceptors (Lipinski definition) is 3. The van der Waals surface area contributed by atoms with Crippen LogP contribution in [0.4, 0.5) is 4.39 Å². The van der Waals surface area contributed by atoms with Gasteiger partial charge in [0.25, 0.3) is 0 Å². The van der Waals surface area contributed by atoms with E-state index in [-0.39, 0.29) is 11.4 Å². The molecule has 0 unspecified atom stereocenters. The van der Waals surface area contributed by atoms with Crippen molar-refractivity contribution in [2.24, 2.45) is 0 Å². The van der Waals surface area contributed by atoms with Crippen molar-refractivity contribution in [1.29, 1.82) is 0 Å². The summed E-state index contributed by atoms with van der Waals surface area (Å²) in [5.41, 5.74) is 0.747. The summed E-state index contributed by atoms with van der Waals surface area (Å²) in [4.78, 5) is -0.376. The standard InChI is InChI=1S/C14H13BrFNO3S/c1-20-12-5-2-10(3-6-12)9-17-21(18,19)14-7-4-11(15)8-13(14)16/h2-8,17H,9H2,1H3. The molecule has 0 fully saturated rings. The first-order chi connectivity index (χ1) is 9.92. The molecule has 0 saturated heterocycles. The van der Waals surface area contributed by atoms with Gasteiger partial charge in [0.1, 0.15) is 16.5 Å². The highest BCUT2D eigenvalue weighted by atomic mass is 79.9. The predicted octanol–water partition coefficient (Wildman–Crippen LogP) is 3.08. The fourth-order valence-electron chi connectivity index (χ4n) is 1.69. The van der Waals surface area contributed by atoms with Gasteiger partial charge < -0.3 is 4.74 Å². The first-order valence-corrected chi connectivity index (χ1v) is 8.27. The van der Waals surface area contributed by atoms with Crippen LogP contribution in [-0.4, -0.2) is 15.5 Å². The van der Waals surface area contributed by atoms with Crippen LogP contribution in [-0.2, 0) is 16.6 Å². The van der Waals surface area contributed by atoms with E-state index in [0.29, 0.717) is 10.2 Å². The topological polar surface area (TPSA) is 55.4 Å². The first-order valence-electron chi connectivity index (χ1n) is 6.00. The van der Waals surface area contributed by atoms with Crippen LogP contribution in [0.25, 0.3) is 0 Å². The molecule has 0 bridgehead atoms. The van der Waals surface area contributed by atoms with Crippen molar-refractivity contribution >= 4 is 26.0 Å². The number of nitrogens with one attached hydrogen (secondary N) is 1. The molecular weight excluding hydrogens is 361 g/mol. The molecule has 2 rings (SSSR count). The van der Waals surface area contributed by atoms with E-state index in [1.165, 1.54) is 12.1 Å². The maximum atomic E-state index is 13.7. The number of ether oxygens (including phenoxy) is 1. The van der Waals surface area contributed by atoms with Gasteiger partial charge in [0.15, 0.2) is 0 Å². The Morgan fingerprint density at radius 1 is 1.19 bits per heavy atom. The second-order valence-corrected chi connectivity index (χ2v) is 6.90. The van der Waals surface area contributed by atoms with Crippen LogP contribution in [0.2, 0.25) is 0 Å². The van der Waals surface area contributed by atoms with E-state index in [9.17, 15) is 12.8 Å². The van der Waals surface area contributed by atoms with Gasteiger partial charge in [-0.2, -0.15) is 0 Å². The lowest BCUT2D eigenvalue weighted by Gasteiger charge is -2.08. The molecule has 4 nitrogen and oxygen atoms in total. The third-order valence-electron chi connectivity index (χ3n) is 2.81. The normalized spacial score (nSPS) is 11.4. The summed E-state index contributed by atoms with van der Waals surface area (Å²) < 4.78 is 45.7. The summed E-state index contributed by atoms with van der Waals surface area (Å²) in [6, 6.07) is 10.7. The molecule has 0 atom stereocenters. The van der Waals surface area contributed by atoms with E-state index in [0.717, 1.165) is 11.6 Å². The lowest BCUT2D eigenvalue weighted by Crippen LogP contribution is -2.24. The van der Waals surface area contributed by atoms with Crippen LogP contribution in [0.15, 0.2) is 51.8 Å². The highest BCUT2D eigenvalue weighted by Crippen LogP contribution is 2.19. The van der Waals surface area contributed by atoms with Gasteiger partial charge in [-0.3, -0.25) is 0 Å². The largest absolute Gasteiger partial charge is 0.497 e. The molecule has 0 aliphatic carbocycles. The maximum Gasteiger partial charge on any atom is 0.243 e. The Balaban J connectivity index is 2.13. The van der Waals surface area contributed by atoms with Crippen molar-refractivity contribution in [2.75, 3.05) is 7.11 Å². The molecule has 1 N–H and O–H groups in total. The summed E-state index contributed by atoms with van der Waals surface area (Å²) in [6.45, 7) is 0.0713. The highest BCUT2D eigenvalue weighted by molar-refractivity contribution is 9.10. The molecule has 0 radical (unpaired) electrons. The van der Waals surface area contributed by atoms with Gasteiger partial charge in [0.2, 0.25) is 10.0 Å². The van der Waals surface area contributed by atoms with Crippen molar-refractivity contribution in [3.63, 3.8) is 0 Å². The van der Waals surface area contributed by atoms with Gasteiger partial charge in [0, 0.05) is 11.0 Å². The number of benzene rings is 2. The molecule has 0 aliphatic rings.